The van der Waals surface area contributed by atoms with Crippen LogP contribution in [-0.2, 0) is 16.2 Å². The molecule has 1 atom stereocenters. The van der Waals surface area contributed by atoms with Crippen molar-refractivity contribution in [3.05, 3.63) is 35.4 Å². The van der Waals surface area contributed by atoms with E-state index in [1.165, 1.54) is 18.4 Å². The Balaban J connectivity index is 1.29. The number of piperidine rings is 1. The first-order chi connectivity index (χ1) is 14.0. The number of rotatable bonds is 4. The number of hydrogen-bond acceptors (Lipinski definition) is 4. The highest BCUT2D eigenvalue weighted by Gasteiger charge is 2.45. The zero-order valence-corrected chi connectivity index (χ0v) is 17.1. The Morgan fingerprint density at radius 2 is 1.97 bits per heavy atom. The number of aryl methyl sites for hydroxylation is 1. The van der Waals surface area contributed by atoms with E-state index in [1.54, 1.807) is 0 Å². The number of carbonyl (C=O) groups is 2. The predicted octanol–water partition coefficient (Wildman–Crippen LogP) is 2.87. The molecule has 1 aromatic rings. The number of nitrogens with one attached hydrogen (secondary N) is 2. The van der Waals surface area contributed by atoms with Gasteiger partial charge in [-0.25, -0.2) is 4.79 Å². The monoisotopic (exact) mass is 398 g/mol. The van der Waals surface area contributed by atoms with Crippen LogP contribution >= 0.6 is 0 Å². The Morgan fingerprint density at radius 3 is 2.72 bits per heavy atom. The summed E-state index contributed by atoms with van der Waals surface area (Å²) in [4.78, 5) is 32.7. The predicted molar refractivity (Wildman–Crippen MR) is 110 cm³/mol. The fourth-order valence-corrected chi connectivity index (χ4v) is 4.46. The van der Waals surface area contributed by atoms with Gasteiger partial charge in [-0.05, 0) is 38.2 Å². The van der Waals surface area contributed by atoms with Gasteiger partial charge >= 0.3 is 6.03 Å². The Labute approximate surface area is 171 Å². The van der Waals surface area contributed by atoms with E-state index >= 15 is 0 Å². The average molecular weight is 399 g/mol. The maximum absolute atomic E-state index is 12.6. The topological polar surface area (TPSA) is 83.0 Å². The Bertz CT molecular complexity index is 786. The van der Waals surface area contributed by atoms with Crippen molar-refractivity contribution in [2.75, 3.05) is 13.1 Å². The molecule has 1 saturated carbocycles. The van der Waals surface area contributed by atoms with E-state index in [2.05, 4.69) is 15.8 Å². The van der Waals surface area contributed by atoms with Gasteiger partial charge in [0.1, 0.15) is 5.71 Å². The van der Waals surface area contributed by atoms with Crippen molar-refractivity contribution in [2.45, 2.75) is 70.1 Å². The van der Waals surface area contributed by atoms with Gasteiger partial charge in [0.15, 0.2) is 5.60 Å². The van der Waals surface area contributed by atoms with Gasteiger partial charge in [-0.1, -0.05) is 47.8 Å². The summed E-state index contributed by atoms with van der Waals surface area (Å²) in [6, 6.07) is 8.35. The fourth-order valence-electron chi connectivity index (χ4n) is 4.46. The minimum Gasteiger partial charge on any atom is -0.386 e. The lowest BCUT2D eigenvalue weighted by Gasteiger charge is -2.38. The van der Waals surface area contributed by atoms with E-state index in [4.69, 9.17) is 4.84 Å². The summed E-state index contributed by atoms with van der Waals surface area (Å²) in [6.45, 7) is 3.69. The molecule has 2 heterocycles. The molecule has 2 aliphatic heterocycles. The zero-order chi connectivity index (χ0) is 20.3. The third kappa shape index (κ3) is 4.71. The smallest absolute Gasteiger partial charge is 0.317 e. The molecule has 1 unspecified atom stereocenters. The molecule has 0 radical (unpaired) electrons. The van der Waals surface area contributed by atoms with Crippen LogP contribution in [0.25, 0.3) is 0 Å². The van der Waals surface area contributed by atoms with Crippen LogP contribution in [0.5, 0.6) is 0 Å². The van der Waals surface area contributed by atoms with E-state index in [0.29, 0.717) is 31.3 Å². The van der Waals surface area contributed by atoms with E-state index in [-0.39, 0.29) is 11.9 Å². The molecule has 0 bridgehead atoms. The molecule has 1 spiro atoms. The second kappa shape index (κ2) is 8.43. The molecular formula is C22H30N4O3. The minimum absolute atomic E-state index is 0.0168. The fraction of sp³-hybridized carbons (Fsp3) is 0.591. The van der Waals surface area contributed by atoms with Crippen LogP contribution in [0.2, 0.25) is 0 Å². The molecule has 3 aliphatic rings. The molecule has 0 aromatic heterocycles. The highest BCUT2D eigenvalue weighted by Crippen LogP contribution is 2.33. The Hall–Kier alpha value is -2.57. The summed E-state index contributed by atoms with van der Waals surface area (Å²) in [7, 11) is 0. The van der Waals surface area contributed by atoms with E-state index < -0.39 is 5.60 Å². The lowest BCUT2D eigenvalue weighted by Crippen LogP contribution is -2.54. The molecule has 3 amide bonds. The summed E-state index contributed by atoms with van der Waals surface area (Å²) in [5, 5.41) is 10.2. The summed E-state index contributed by atoms with van der Waals surface area (Å²) < 4.78 is 0. The van der Waals surface area contributed by atoms with Crippen molar-refractivity contribution in [3.8, 4) is 0 Å². The van der Waals surface area contributed by atoms with Crippen molar-refractivity contribution >= 4 is 17.6 Å². The van der Waals surface area contributed by atoms with Gasteiger partial charge in [-0.15, -0.1) is 0 Å². The molecule has 4 rings (SSSR count). The Kier molecular flexibility index (Phi) is 5.74. The molecule has 2 N–H and O–H groups in total. The van der Waals surface area contributed by atoms with Crippen molar-refractivity contribution in [1.29, 1.82) is 0 Å². The average Bonchev–Trinajstić information content (AvgIpc) is 3.38. The molecule has 156 valence electrons. The van der Waals surface area contributed by atoms with Gasteiger partial charge in [0, 0.05) is 25.6 Å². The molecule has 7 heteroatoms. The van der Waals surface area contributed by atoms with Gasteiger partial charge in [0.25, 0.3) is 5.91 Å². The molecule has 2 fully saturated rings. The van der Waals surface area contributed by atoms with Gasteiger partial charge in [-0.3, -0.25) is 4.79 Å². The molecule has 1 aliphatic carbocycles. The number of benzene rings is 1. The van der Waals surface area contributed by atoms with Crippen molar-refractivity contribution in [2.24, 2.45) is 5.16 Å². The standard InChI is InChI=1S/C22H30N4O3/c1-16-7-9-17(10-8-16)14-23-20(27)19-13-22(29-25-19)11-4-12-26(15-22)21(28)24-18-5-2-3-6-18/h7-10,18H,2-6,11-15H2,1H3,(H,23,27)(H,24,28). The van der Waals surface area contributed by atoms with Crippen LogP contribution in [0.3, 0.4) is 0 Å². The molecule has 1 aromatic carbocycles. The first-order valence-electron chi connectivity index (χ1n) is 10.7. The van der Waals surface area contributed by atoms with Crippen molar-refractivity contribution in [1.82, 2.24) is 15.5 Å². The van der Waals surface area contributed by atoms with Crippen LogP contribution in [0.1, 0.15) is 56.1 Å². The van der Waals surface area contributed by atoms with Crippen LogP contribution in [-0.4, -0.2) is 47.3 Å². The normalized spacial score (nSPS) is 24.3. The second-order valence-corrected chi connectivity index (χ2v) is 8.61. The number of likely N-dealkylation sites (tertiary alicyclic amines) is 1. The van der Waals surface area contributed by atoms with E-state index in [9.17, 15) is 9.59 Å². The SMILES string of the molecule is Cc1ccc(CNC(=O)C2=NOC3(CCCN(C(=O)NC4CCCC4)C3)C2)cc1. The number of amides is 3. The molecule has 29 heavy (non-hydrogen) atoms. The summed E-state index contributed by atoms with van der Waals surface area (Å²) in [5.41, 5.74) is 2.08. The number of urea groups is 1. The zero-order valence-electron chi connectivity index (χ0n) is 17.1. The number of nitrogens with zero attached hydrogens (tertiary/aromatic N) is 2. The number of carbonyl (C=O) groups excluding carboxylic acids is 2. The number of oxime groups is 1. The number of hydrogen-bond donors (Lipinski definition) is 2. The third-order valence-corrected chi connectivity index (χ3v) is 6.18. The Morgan fingerprint density at radius 1 is 1.21 bits per heavy atom. The van der Waals surface area contributed by atoms with Crippen LogP contribution in [0.4, 0.5) is 4.79 Å². The lowest BCUT2D eigenvalue weighted by molar-refractivity contribution is -0.115. The van der Waals surface area contributed by atoms with Crippen LogP contribution < -0.4 is 10.6 Å². The molecule has 7 nitrogen and oxygen atoms in total. The third-order valence-electron chi connectivity index (χ3n) is 6.18. The van der Waals surface area contributed by atoms with Crippen molar-refractivity contribution < 1.29 is 14.4 Å². The first-order valence-corrected chi connectivity index (χ1v) is 10.7. The van der Waals surface area contributed by atoms with Gasteiger partial charge in [0.2, 0.25) is 0 Å². The molecular weight excluding hydrogens is 368 g/mol. The highest BCUT2D eigenvalue weighted by atomic mass is 16.7. The van der Waals surface area contributed by atoms with Crippen LogP contribution in [0.15, 0.2) is 29.4 Å². The highest BCUT2D eigenvalue weighted by molar-refractivity contribution is 6.39. The van der Waals surface area contributed by atoms with Crippen LogP contribution in [0, 0.1) is 6.92 Å². The largest absolute Gasteiger partial charge is 0.386 e. The first kappa shape index (κ1) is 19.7. The second-order valence-electron chi connectivity index (χ2n) is 8.61. The van der Waals surface area contributed by atoms with E-state index in [1.807, 2.05) is 36.1 Å². The lowest BCUT2D eigenvalue weighted by atomic mass is 9.88. The van der Waals surface area contributed by atoms with Gasteiger partial charge in [-0.2, -0.15) is 0 Å². The summed E-state index contributed by atoms with van der Waals surface area (Å²) in [6.07, 6.45) is 6.61. The van der Waals surface area contributed by atoms with Crippen molar-refractivity contribution in [3.63, 3.8) is 0 Å². The van der Waals surface area contributed by atoms with Gasteiger partial charge < -0.3 is 20.4 Å². The minimum atomic E-state index is -0.568. The maximum atomic E-state index is 12.6. The van der Waals surface area contributed by atoms with Gasteiger partial charge in [0.05, 0.1) is 6.54 Å². The summed E-state index contributed by atoms with van der Waals surface area (Å²) >= 11 is 0. The molecule has 1 saturated heterocycles. The maximum Gasteiger partial charge on any atom is 0.317 e. The quantitative estimate of drug-likeness (QED) is 0.818. The van der Waals surface area contributed by atoms with E-state index in [0.717, 1.165) is 37.8 Å². The summed E-state index contributed by atoms with van der Waals surface area (Å²) in [5.74, 6) is -0.199.